The summed E-state index contributed by atoms with van der Waals surface area (Å²) in [6, 6.07) is 11.7. The van der Waals surface area contributed by atoms with E-state index in [1.807, 2.05) is 6.07 Å². The minimum atomic E-state index is -3.73. The Hall–Kier alpha value is -1.97. The highest BCUT2D eigenvalue weighted by Crippen LogP contribution is 2.31. The highest BCUT2D eigenvalue weighted by atomic mass is 35.5. The zero-order valence-corrected chi connectivity index (χ0v) is 17.6. The van der Waals surface area contributed by atoms with E-state index in [4.69, 9.17) is 23.2 Å². The maximum atomic E-state index is 12.9. The fourth-order valence-corrected chi connectivity index (χ4v) is 5.53. The zero-order chi connectivity index (χ0) is 20.6. The molecule has 2 aromatic carbocycles. The smallest absolute Gasteiger partial charge is 0.258 e. The maximum Gasteiger partial charge on any atom is 0.258 e. The van der Waals surface area contributed by atoms with Gasteiger partial charge in [-0.25, -0.2) is 13.4 Å². The number of rotatable bonds is 4. The monoisotopic (exact) mass is 452 g/mol. The average Bonchev–Trinajstić information content (AvgIpc) is 2.70. The number of piperazine rings is 1. The molecule has 0 atom stereocenters. The molecule has 0 spiro atoms. The van der Waals surface area contributed by atoms with Gasteiger partial charge in [0.1, 0.15) is 10.7 Å². The number of nitrogens with one attached hydrogen (secondary N) is 1. The molecule has 1 aliphatic rings. The lowest BCUT2D eigenvalue weighted by molar-refractivity contribution is 0.178. The van der Waals surface area contributed by atoms with E-state index in [0.29, 0.717) is 49.5 Å². The first-order chi connectivity index (χ1) is 13.9. The van der Waals surface area contributed by atoms with Crippen LogP contribution in [0.1, 0.15) is 5.82 Å². The highest BCUT2D eigenvalue weighted by Gasteiger charge is 2.30. The minimum absolute atomic E-state index is 0.0145. The van der Waals surface area contributed by atoms with Gasteiger partial charge >= 0.3 is 0 Å². The van der Waals surface area contributed by atoms with Crippen molar-refractivity contribution < 1.29 is 8.42 Å². The number of sulfonamides is 1. The van der Waals surface area contributed by atoms with E-state index >= 15 is 0 Å². The summed E-state index contributed by atoms with van der Waals surface area (Å²) in [5, 5.41) is 0.790. The summed E-state index contributed by atoms with van der Waals surface area (Å²) in [6.45, 7) is 2.07. The van der Waals surface area contributed by atoms with E-state index in [-0.39, 0.29) is 20.5 Å². The standard InChI is InChI=1S/C19H18Cl2N4O3S/c20-14-5-3-7-16(18(14)21)29(27,28)25-10-8-24(9-11-25)12-17-22-15-6-2-1-4-13(15)19(26)23-17/h1-7H,8-12H2,(H,22,23,26). The zero-order valence-electron chi connectivity index (χ0n) is 15.3. The number of halogens is 2. The van der Waals surface area contributed by atoms with Gasteiger partial charge in [0.25, 0.3) is 5.56 Å². The summed E-state index contributed by atoms with van der Waals surface area (Å²) in [5.74, 6) is 0.558. The Labute approximate surface area is 177 Å². The van der Waals surface area contributed by atoms with Gasteiger partial charge in [0.05, 0.1) is 27.5 Å². The van der Waals surface area contributed by atoms with Crippen molar-refractivity contribution in [2.75, 3.05) is 26.2 Å². The number of aromatic nitrogens is 2. The van der Waals surface area contributed by atoms with Crippen LogP contribution in [-0.2, 0) is 16.6 Å². The lowest BCUT2D eigenvalue weighted by atomic mass is 10.2. The van der Waals surface area contributed by atoms with Crippen LogP contribution in [0.2, 0.25) is 10.0 Å². The number of aromatic amines is 1. The van der Waals surface area contributed by atoms with E-state index in [9.17, 15) is 13.2 Å². The first kappa shape index (κ1) is 20.3. The molecule has 152 valence electrons. The molecule has 0 aliphatic carbocycles. The predicted molar refractivity (Wildman–Crippen MR) is 113 cm³/mol. The first-order valence-corrected chi connectivity index (χ1v) is 11.2. The molecular formula is C19H18Cl2N4O3S. The molecular weight excluding hydrogens is 435 g/mol. The van der Waals surface area contributed by atoms with E-state index in [2.05, 4.69) is 14.9 Å². The molecule has 0 unspecified atom stereocenters. The molecule has 2 heterocycles. The van der Waals surface area contributed by atoms with E-state index < -0.39 is 10.0 Å². The molecule has 0 saturated carbocycles. The molecule has 3 aromatic rings. The molecule has 10 heteroatoms. The van der Waals surface area contributed by atoms with Gasteiger partial charge in [-0.15, -0.1) is 0 Å². The van der Waals surface area contributed by atoms with Crippen LogP contribution in [0.4, 0.5) is 0 Å². The Morgan fingerprint density at radius 2 is 1.72 bits per heavy atom. The third-order valence-electron chi connectivity index (χ3n) is 4.90. The van der Waals surface area contributed by atoms with Crippen molar-refractivity contribution in [2.24, 2.45) is 0 Å². The lowest BCUT2D eigenvalue weighted by Crippen LogP contribution is -2.48. The van der Waals surface area contributed by atoms with Crippen LogP contribution in [0.5, 0.6) is 0 Å². The summed E-state index contributed by atoms with van der Waals surface area (Å²) >= 11 is 12.1. The molecule has 1 aromatic heterocycles. The topological polar surface area (TPSA) is 86.4 Å². The molecule has 0 radical (unpaired) electrons. The van der Waals surface area contributed by atoms with Gasteiger partial charge in [0.15, 0.2) is 0 Å². The van der Waals surface area contributed by atoms with Crippen molar-refractivity contribution in [3.63, 3.8) is 0 Å². The summed E-state index contributed by atoms with van der Waals surface area (Å²) in [6.07, 6.45) is 0. The van der Waals surface area contributed by atoms with Crippen LogP contribution in [0.15, 0.2) is 52.2 Å². The molecule has 4 rings (SSSR count). The fraction of sp³-hybridized carbons (Fsp3) is 0.263. The fourth-order valence-electron chi connectivity index (χ4n) is 3.37. The number of fused-ring (bicyclic) bond motifs is 1. The van der Waals surface area contributed by atoms with E-state index in [1.54, 1.807) is 30.3 Å². The van der Waals surface area contributed by atoms with Gasteiger partial charge in [-0.3, -0.25) is 9.69 Å². The van der Waals surface area contributed by atoms with Crippen molar-refractivity contribution in [3.8, 4) is 0 Å². The van der Waals surface area contributed by atoms with Gasteiger partial charge < -0.3 is 4.98 Å². The minimum Gasteiger partial charge on any atom is -0.309 e. The molecule has 7 nitrogen and oxygen atoms in total. The van der Waals surface area contributed by atoms with Crippen molar-refractivity contribution in [1.82, 2.24) is 19.2 Å². The number of hydrogen-bond acceptors (Lipinski definition) is 5. The molecule has 1 fully saturated rings. The second-order valence-electron chi connectivity index (χ2n) is 6.76. The van der Waals surface area contributed by atoms with Crippen LogP contribution < -0.4 is 5.56 Å². The van der Waals surface area contributed by atoms with Crippen molar-refractivity contribution >= 4 is 44.1 Å². The molecule has 0 amide bonds. The summed E-state index contributed by atoms with van der Waals surface area (Å²) < 4.78 is 27.2. The van der Waals surface area contributed by atoms with Crippen LogP contribution in [-0.4, -0.2) is 53.8 Å². The second-order valence-corrected chi connectivity index (χ2v) is 9.45. The second kappa shape index (κ2) is 8.04. The third kappa shape index (κ3) is 4.04. The summed E-state index contributed by atoms with van der Waals surface area (Å²) in [5.41, 5.74) is 0.463. The lowest BCUT2D eigenvalue weighted by Gasteiger charge is -2.33. The van der Waals surface area contributed by atoms with Crippen LogP contribution in [0.25, 0.3) is 10.9 Å². The molecule has 1 aliphatic heterocycles. The largest absolute Gasteiger partial charge is 0.309 e. The predicted octanol–water partition coefficient (Wildman–Crippen LogP) is 2.74. The maximum absolute atomic E-state index is 12.9. The van der Waals surface area contributed by atoms with E-state index in [1.165, 1.54) is 10.4 Å². The summed E-state index contributed by atoms with van der Waals surface area (Å²) in [7, 11) is -3.73. The Bertz CT molecular complexity index is 1220. The van der Waals surface area contributed by atoms with Crippen LogP contribution >= 0.6 is 23.2 Å². The SMILES string of the molecule is O=c1[nH]c(CN2CCN(S(=O)(=O)c3cccc(Cl)c3Cl)CC2)nc2ccccc12. The van der Waals surface area contributed by atoms with Crippen LogP contribution in [0, 0.1) is 0 Å². The Morgan fingerprint density at radius 1 is 1.00 bits per heavy atom. The number of H-pyrrole nitrogens is 1. The normalized spacial score (nSPS) is 16.3. The van der Waals surface area contributed by atoms with Gasteiger partial charge in [0, 0.05) is 26.2 Å². The Kier molecular flexibility index (Phi) is 5.63. The van der Waals surface area contributed by atoms with Crippen LogP contribution in [0.3, 0.4) is 0 Å². The first-order valence-electron chi connectivity index (χ1n) is 9.01. The quantitative estimate of drug-likeness (QED) is 0.657. The van der Waals surface area contributed by atoms with Crippen molar-refractivity contribution in [3.05, 3.63) is 68.7 Å². The summed E-state index contributed by atoms with van der Waals surface area (Å²) in [4.78, 5) is 21.6. The number of hydrogen-bond donors (Lipinski definition) is 1. The number of nitrogens with zero attached hydrogens (tertiary/aromatic N) is 3. The molecule has 0 bridgehead atoms. The van der Waals surface area contributed by atoms with E-state index in [0.717, 1.165) is 0 Å². The molecule has 29 heavy (non-hydrogen) atoms. The molecule has 1 saturated heterocycles. The highest BCUT2D eigenvalue weighted by molar-refractivity contribution is 7.89. The van der Waals surface area contributed by atoms with Gasteiger partial charge in [-0.2, -0.15) is 4.31 Å². The average molecular weight is 453 g/mol. The number of benzene rings is 2. The Balaban J connectivity index is 1.47. The van der Waals surface area contributed by atoms with Gasteiger partial charge in [-0.1, -0.05) is 41.4 Å². The van der Waals surface area contributed by atoms with Gasteiger partial charge in [0.2, 0.25) is 10.0 Å². The Morgan fingerprint density at radius 3 is 2.48 bits per heavy atom. The van der Waals surface area contributed by atoms with Crippen molar-refractivity contribution in [1.29, 1.82) is 0 Å². The number of para-hydroxylation sites is 1. The third-order valence-corrected chi connectivity index (χ3v) is 7.77. The molecule has 1 N–H and O–H groups in total. The van der Waals surface area contributed by atoms with Gasteiger partial charge in [-0.05, 0) is 24.3 Å². The van der Waals surface area contributed by atoms with Crippen molar-refractivity contribution in [2.45, 2.75) is 11.4 Å².